The van der Waals surface area contributed by atoms with Crippen LogP contribution in [0.1, 0.15) is 44.3 Å². The minimum Gasteiger partial charge on any atom is -0.489 e. The van der Waals surface area contributed by atoms with Crippen molar-refractivity contribution in [1.82, 2.24) is 28.9 Å². The van der Waals surface area contributed by atoms with Gasteiger partial charge in [0.2, 0.25) is 5.91 Å². The van der Waals surface area contributed by atoms with Gasteiger partial charge in [-0.15, -0.1) is 5.10 Å². The number of nitrogens with one attached hydrogen (secondary N) is 1. The molecule has 222 valence electrons. The number of amides is 1. The maximum absolute atomic E-state index is 15.2. The molecule has 1 amide bonds. The van der Waals surface area contributed by atoms with E-state index in [0.29, 0.717) is 11.2 Å². The Labute approximate surface area is 238 Å². The number of nitrogens with zero attached hydrogens (tertiary/aromatic N) is 6. The molecule has 1 aliphatic carbocycles. The van der Waals surface area contributed by atoms with Gasteiger partial charge in [0.25, 0.3) is 11.5 Å². The maximum Gasteiger partial charge on any atom is 0.279 e. The van der Waals surface area contributed by atoms with Crippen molar-refractivity contribution in [2.75, 3.05) is 25.1 Å². The van der Waals surface area contributed by atoms with Crippen molar-refractivity contribution in [2.45, 2.75) is 44.6 Å². The van der Waals surface area contributed by atoms with E-state index >= 15 is 4.39 Å². The second-order valence-electron chi connectivity index (χ2n) is 11.2. The SMILES string of the molecule is CC(C)n1cnc(C2CC2CC(=O)Nc2cc3cc(-c4c(OCC5COCC5(F)F)cnn4C)c(F)cn3n2)cc1=O. The standard InChI is InChI=1S/C28H30F3N7O4/c1-15(2)37-14-32-22(8-26(37)40)19-4-16(19)5-25(39)34-24-7-18-6-20(21(29)10-38(18)35-24)27-23(9-33-36(27)3)42-12-17-11-41-13-28(17,30)31/h6-10,14-17,19H,4-5,11-13H2,1-3H3,(H,34,35,39). The number of fused-ring (bicyclic) bond motifs is 1. The number of anilines is 1. The molecule has 42 heavy (non-hydrogen) atoms. The van der Waals surface area contributed by atoms with Crippen molar-refractivity contribution in [3.63, 3.8) is 0 Å². The van der Waals surface area contributed by atoms with Crippen LogP contribution in [0.25, 0.3) is 16.8 Å². The fourth-order valence-electron chi connectivity index (χ4n) is 5.31. The van der Waals surface area contributed by atoms with Crippen molar-refractivity contribution < 1.29 is 27.4 Å². The van der Waals surface area contributed by atoms with Crippen molar-refractivity contribution >= 4 is 17.2 Å². The monoisotopic (exact) mass is 585 g/mol. The Morgan fingerprint density at radius 1 is 1.29 bits per heavy atom. The predicted octanol–water partition coefficient (Wildman–Crippen LogP) is 3.80. The number of hydrogen-bond acceptors (Lipinski definition) is 7. The highest BCUT2D eigenvalue weighted by atomic mass is 19.3. The highest BCUT2D eigenvalue weighted by Gasteiger charge is 2.46. The third-order valence-electron chi connectivity index (χ3n) is 7.79. The van der Waals surface area contributed by atoms with E-state index in [0.717, 1.165) is 12.6 Å². The van der Waals surface area contributed by atoms with Gasteiger partial charge in [-0.25, -0.2) is 22.7 Å². The summed E-state index contributed by atoms with van der Waals surface area (Å²) in [5, 5.41) is 11.1. The lowest BCUT2D eigenvalue weighted by atomic mass is 10.1. The summed E-state index contributed by atoms with van der Waals surface area (Å²) in [7, 11) is 1.59. The second-order valence-corrected chi connectivity index (χ2v) is 11.2. The van der Waals surface area contributed by atoms with Gasteiger partial charge in [0.15, 0.2) is 17.4 Å². The summed E-state index contributed by atoms with van der Waals surface area (Å²) in [6.45, 7) is 2.73. The zero-order valence-corrected chi connectivity index (χ0v) is 23.3. The van der Waals surface area contributed by atoms with Crippen molar-refractivity contribution in [3.8, 4) is 17.0 Å². The fourth-order valence-corrected chi connectivity index (χ4v) is 5.31. The third kappa shape index (κ3) is 5.38. The average molecular weight is 586 g/mol. The van der Waals surface area contributed by atoms with Crippen molar-refractivity contribution in [3.05, 3.63) is 58.8 Å². The van der Waals surface area contributed by atoms with Crippen LogP contribution >= 0.6 is 0 Å². The van der Waals surface area contributed by atoms with Gasteiger partial charge in [-0.05, 0) is 32.3 Å². The highest BCUT2D eigenvalue weighted by molar-refractivity contribution is 5.91. The van der Waals surface area contributed by atoms with Crippen molar-refractivity contribution in [2.24, 2.45) is 18.9 Å². The number of rotatable bonds is 9. The zero-order chi connectivity index (χ0) is 29.8. The van der Waals surface area contributed by atoms with E-state index < -0.39 is 24.3 Å². The lowest BCUT2D eigenvalue weighted by molar-refractivity contribution is -0.116. The van der Waals surface area contributed by atoms with E-state index in [1.54, 1.807) is 24.0 Å². The Bertz CT molecular complexity index is 1710. The Hall–Kier alpha value is -4.20. The van der Waals surface area contributed by atoms with E-state index in [4.69, 9.17) is 9.47 Å². The molecule has 0 spiro atoms. The molecular formula is C28H30F3N7O4. The first kappa shape index (κ1) is 27.9. The molecule has 14 heteroatoms. The van der Waals surface area contributed by atoms with Crippen LogP contribution in [0.3, 0.4) is 0 Å². The van der Waals surface area contributed by atoms with Crippen LogP contribution in [0, 0.1) is 17.7 Å². The van der Waals surface area contributed by atoms with Crippen LogP contribution in [0.5, 0.6) is 5.75 Å². The molecule has 4 aromatic heterocycles. The topological polar surface area (TPSA) is 118 Å². The van der Waals surface area contributed by atoms with E-state index in [2.05, 4.69) is 20.5 Å². The Kier molecular flexibility index (Phi) is 7.03. The number of carbonyl (C=O) groups excluding carboxylic acids is 1. The number of hydrogen-bond donors (Lipinski definition) is 1. The number of ether oxygens (including phenoxy) is 2. The van der Waals surface area contributed by atoms with E-state index in [1.165, 1.54) is 27.5 Å². The van der Waals surface area contributed by atoms with Crippen LogP contribution < -0.4 is 15.6 Å². The summed E-state index contributed by atoms with van der Waals surface area (Å²) < 4.78 is 57.9. The summed E-state index contributed by atoms with van der Waals surface area (Å²) in [6.07, 6.45) is 5.05. The molecular weight excluding hydrogens is 555 g/mol. The third-order valence-corrected chi connectivity index (χ3v) is 7.79. The highest BCUT2D eigenvalue weighted by Crippen LogP contribution is 2.48. The Morgan fingerprint density at radius 3 is 2.81 bits per heavy atom. The van der Waals surface area contributed by atoms with Crippen molar-refractivity contribution in [1.29, 1.82) is 0 Å². The van der Waals surface area contributed by atoms with Gasteiger partial charge in [-0.1, -0.05) is 0 Å². The van der Waals surface area contributed by atoms with Gasteiger partial charge in [-0.3, -0.25) is 18.8 Å². The number of pyridine rings is 1. The van der Waals surface area contributed by atoms with Gasteiger partial charge < -0.3 is 14.8 Å². The summed E-state index contributed by atoms with van der Waals surface area (Å²) in [6, 6.07) is 4.68. The van der Waals surface area contributed by atoms with Gasteiger partial charge in [0.1, 0.15) is 12.3 Å². The molecule has 1 aliphatic heterocycles. The molecule has 0 bridgehead atoms. The first-order valence-corrected chi connectivity index (χ1v) is 13.7. The summed E-state index contributed by atoms with van der Waals surface area (Å²) >= 11 is 0. The van der Waals surface area contributed by atoms with E-state index in [-0.39, 0.29) is 71.8 Å². The number of halogens is 3. The van der Waals surface area contributed by atoms with Crippen LogP contribution in [-0.2, 0) is 16.6 Å². The predicted molar refractivity (Wildman–Crippen MR) is 145 cm³/mol. The molecule has 3 unspecified atom stereocenters. The Morgan fingerprint density at radius 2 is 2.10 bits per heavy atom. The normalized spacial score (nSPS) is 21.3. The first-order chi connectivity index (χ1) is 20.0. The zero-order valence-electron chi connectivity index (χ0n) is 23.3. The molecule has 2 fully saturated rings. The Balaban J connectivity index is 1.13. The van der Waals surface area contributed by atoms with Gasteiger partial charge >= 0.3 is 0 Å². The molecule has 0 aromatic carbocycles. The molecule has 1 N–H and O–H groups in total. The fraction of sp³-hybridized carbons (Fsp3) is 0.464. The van der Waals surface area contributed by atoms with Crippen LogP contribution in [0.2, 0.25) is 0 Å². The molecule has 0 radical (unpaired) electrons. The molecule has 1 saturated carbocycles. The number of carbonyl (C=O) groups is 1. The number of aryl methyl sites for hydroxylation is 1. The van der Waals surface area contributed by atoms with E-state index in [9.17, 15) is 18.4 Å². The smallest absolute Gasteiger partial charge is 0.279 e. The quantitative estimate of drug-likeness (QED) is 0.318. The van der Waals surface area contributed by atoms with E-state index in [1.807, 2.05) is 13.8 Å². The number of alkyl halides is 2. The molecule has 3 atom stereocenters. The first-order valence-electron chi connectivity index (χ1n) is 13.7. The summed E-state index contributed by atoms with van der Waals surface area (Å²) in [5.74, 6) is -4.49. The number of aromatic nitrogens is 6. The van der Waals surface area contributed by atoms with Gasteiger partial charge in [0, 0.05) is 43.1 Å². The molecule has 4 aromatic rings. The lowest BCUT2D eigenvalue weighted by Crippen LogP contribution is -2.31. The van der Waals surface area contributed by atoms with Gasteiger partial charge in [0.05, 0.1) is 49.1 Å². The summed E-state index contributed by atoms with van der Waals surface area (Å²) in [4.78, 5) is 29.5. The molecule has 5 heterocycles. The summed E-state index contributed by atoms with van der Waals surface area (Å²) in [5.41, 5.74) is 1.48. The molecule has 6 rings (SSSR count). The second kappa shape index (κ2) is 10.6. The lowest BCUT2D eigenvalue weighted by Gasteiger charge is -2.17. The minimum absolute atomic E-state index is 0.0160. The van der Waals surface area contributed by atoms with Crippen LogP contribution in [0.15, 0.2) is 41.7 Å². The molecule has 11 nitrogen and oxygen atoms in total. The van der Waals surface area contributed by atoms with Crippen LogP contribution in [-0.4, -0.2) is 60.6 Å². The van der Waals surface area contributed by atoms with Gasteiger partial charge in [-0.2, -0.15) is 5.10 Å². The molecule has 2 aliphatic rings. The molecule has 1 saturated heterocycles. The maximum atomic E-state index is 15.2. The largest absolute Gasteiger partial charge is 0.489 e. The van der Waals surface area contributed by atoms with Crippen LogP contribution in [0.4, 0.5) is 19.0 Å². The average Bonchev–Trinajstić information content (AvgIpc) is 3.21. The minimum atomic E-state index is -3.00.